The molecule has 1 heterocycles. The summed E-state index contributed by atoms with van der Waals surface area (Å²) >= 11 is 0. The molecule has 1 aliphatic rings. The van der Waals surface area contributed by atoms with E-state index in [0.29, 0.717) is 0 Å². The van der Waals surface area contributed by atoms with Crippen molar-refractivity contribution in [3.05, 3.63) is 30.1 Å². The van der Waals surface area contributed by atoms with Crippen molar-refractivity contribution in [2.24, 2.45) is 4.99 Å². The predicted molar refractivity (Wildman–Crippen MR) is 67.8 cm³/mol. The Balaban J connectivity index is 2.32. The van der Waals surface area contributed by atoms with E-state index in [9.17, 15) is 18.8 Å². The van der Waals surface area contributed by atoms with Gasteiger partial charge in [0.1, 0.15) is 12.4 Å². The van der Waals surface area contributed by atoms with E-state index in [1.54, 1.807) is 6.92 Å². The molecule has 0 atom stereocenters. The number of hydrogen-bond acceptors (Lipinski definition) is 5. The Bertz CT molecular complexity index is 595. The van der Waals surface area contributed by atoms with Gasteiger partial charge in [-0.05, 0) is 31.2 Å². The first-order valence-corrected chi connectivity index (χ1v) is 5.89. The van der Waals surface area contributed by atoms with Crippen LogP contribution in [0.4, 0.5) is 10.1 Å². The number of imide groups is 1. The highest BCUT2D eigenvalue weighted by Crippen LogP contribution is 2.18. The van der Waals surface area contributed by atoms with E-state index in [1.807, 2.05) is 0 Å². The van der Waals surface area contributed by atoms with Crippen LogP contribution in [-0.4, -0.2) is 36.6 Å². The molecule has 0 spiro atoms. The fourth-order valence-corrected chi connectivity index (χ4v) is 1.71. The van der Waals surface area contributed by atoms with Gasteiger partial charge in [-0.15, -0.1) is 0 Å². The molecule has 0 aromatic heterocycles. The van der Waals surface area contributed by atoms with E-state index >= 15 is 0 Å². The predicted octanol–water partition coefficient (Wildman–Crippen LogP) is 0.703. The van der Waals surface area contributed by atoms with Crippen LogP contribution in [0.2, 0.25) is 0 Å². The minimum absolute atomic E-state index is 0.0929. The van der Waals surface area contributed by atoms with Gasteiger partial charge in [-0.25, -0.2) is 14.1 Å². The summed E-state index contributed by atoms with van der Waals surface area (Å²) in [6.45, 7) is 1.35. The second-order valence-electron chi connectivity index (χ2n) is 3.90. The molecule has 7 heteroatoms. The van der Waals surface area contributed by atoms with Crippen molar-refractivity contribution in [1.82, 2.24) is 0 Å². The maximum atomic E-state index is 12.9. The largest absolute Gasteiger partial charge is 0.461 e. The summed E-state index contributed by atoms with van der Waals surface area (Å²) < 4.78 is 17.6. The van der Waals surface area contributed by atoms with Crippen molar-refractivity contribution in [2.75, 3.05) is 18.1 Å². The van der Waals surface area contributed by atoms with Crippen molar-refractivity contribution >= 4 is 29.2 Å². The summed E-state index contributed by atoms with van der Waals surface area (Å²) in [5.74, 6) is -2.83. The Morgan fingerprint density at radius 2 is 2.00 bits per heavy atom. The Labute approximate surface area is 113 Å². The van der Waals surface area contributed by atoms with Gasteiger partial charge < -0.3 is 4.74 Å². The Kier molecular flexibility index (Phi) is 3.88. The summed E-state index contributed by atoms with van der Waals surface area (Å²) in [6.07, 6.45) is 0. The average Bonchev–Trinajstić information content (AvgIpc) is 2.41. The lowest BCUT2D eigenvalue weighted by Gasteiger charge is -2.23. The van der Waals surface area contributed by atoms with Gasteiger partial charge >= 0.3 is 5.97 Å². The molecule has 2 rings (SSSR count). The molecule has 0 saturated heterocycles. The monoisotopic (exact) mass is 278 g/mol. The van der Waals surface area contributed by atoms with Crippen LogP contribution in [-0.2, 0) is 19.1 Å². The molecule has 20 heavy (non-hydrogen) atoms. The molecule has 1 aromatic rings. The summed E-state index contributed by atoms with van der Waals surface area (Å²) in [4.78, 5) is 39.9. The molecule has 0 radical (unpaired) electrons. The molecule has 0 saturated carbocycles. The number of rotatable bonds is 3. The van der Waals surface area contributed by atoms with Gasteiger partial charge in [0.2, 0.25) is 5.71 Å². The Morgan fingerprint density at radius 3 is 2.60 bits per heavy atom. The number of carbonyl (C=O) groups excluding carboxylic acids is 3. The molecule has 0 fully saturated rings. The molecule has 0 bridgehead atoms. The number of hydrogen-bond donors (Lipinski definition) is 0. The van der Waals surface area contributed by atoms with Crippen molar-refractivity contribution in [1.29, 1.82) is 0 Å². The van der Waals surface area contributed by atoms with Crippen molar-refractivity contribution in [2.45, 2.75) is 6.92 Å². The number of benzene rings is 1. The zero-order valence-electron chi connectivity index (χ0n) is 10.6. The van der Waals surface area contributed by atoms with Gasteiger partial charge in [0, 0.05) is 0 Å². The Hall–Kier alpha value is -2.57. The van der Waals surface area contributed by atoms with Gasteiger partial charge in [0.15, 0.2) is 0 Å². The number of aliphatic imine (C=N–C) groups is 1. The fourth-order valence-electron chi connectivity index (χ4n) is 1.71. The van der Waals surface area contributed by atoms with Crippen LogP contribution in [0, 0.1) is 5.82 Å². The first kappa shape index (κ1) is 13.9. The third kappa shape index (κ3) is 2.56. The highest BCUT2D eigenvalue weighted by Gasteiger charge is 2.35. The first-order chi connectivity index (χ1) is 9.54. The molecular formula is C13H11FN2O4. The van der Waals surface area contributed by atoms with Crippen LogP contribution < -0.4 is 4.90 Å². The van der Waals surface area contributed by atoms with Crippen molar-refractivity contribution in [3.8, 4) is 0 Å². The van der Waals surface area contributed by atoms with E-state index in [0.717, 1.165) is 17.0 Å². The lowest BCUT2D eigenvalue weighted by Crippen LogP contribution is -2.49. The summed E-state index contributed by atoms with van der Waals surface area (Å²) in [6, 6.07) is 4.79. The second kappa shape index (κ2) is 5.60. The highest BCUT2D eigenvalue weighted by molar-refractivity contribution is 6.69. The maximum Gasteiger partial charge on any atom is 0.362 e. The van der Waals surface area contributed by atoms with E-state index in [2.05, 4.69) is 4.99 Å². The van der Waals surface area contributed by atoms with Crippen LogP contribution in [0.25, 0.3) is 0 Å². The third-order valence-corrected chi connectivity index (χ3v) is 2.58. The van der Waals surface area contributed by atoms with Gasteiger partial charge in [-0.3, -0.25) is 14.6 Å². The van der Waals surface area contributed by atoms with E-state index in [4.69, 9.17) is 4.74 Å². The van der Waals surface area contributed by atoms with Crippen LogP contribution in [0.15, 0.2) is 29.3 Å². The smallest absolute Gasteiger partial charge is 0.362 e. The minimum Gasteiger partial charge on any atom is -0.461 e. The van der Waals surface area contributed by atoms with Crippen LogP contribution in [0.1, 0.15) is 6.92 Å². The second-order valence-corrected chi connectivity index (χ2v) is 3.90. The SMILES string of the molecule is CCOC(=O)C1=NCC(=O)N(c2ccc(F)cc2)C1=O. The van der Waals surface area contributed by atoms with Gasteiger partial charge in [0.05, 0.1) is 12.3 Å². The third-order valence-electron chi connectivity index (χ3n) is 2.58. The van der Waals surface area contributed by atoms with E-state index in [-0.39, 0.29) is 18.8 Å². The quantitative estimate of drug-likeness (QED) is 0.602. The van der Waals surface area contributed by atoms with Crippen molar-refractivity contribution < 1.29 is 23.5 Å². The number of carbonyl (C=O) groups is 3. The topological polar surface area (TPSA) is 76.0 Å². The van der Waals surface area contributed by atoms with Crippen LogP contribution >= 0.6 is 0 Å². The lowest BCUT2D eigenvalue weighted by molar-refractivity contribution is -0.136. The molecular weight excluding hydrogens is 267 g/mol. The molecule has 6 nitrogen and oxygen atoms in total. The Morgan fingerprint density at radius 1 is 1.35 bits per heavy atom. The average molecular weight is 278 g/mol. The van der Waals surface area contributed by atoms with Gasteiger partial charge in [-0.2, -0.15) is 0 Å². The van der Waals surface area contributed by atoms with Crippen molar-refractivity contribution in [3.63, 3.8) is 0 Å². The molecule has 0 unspecified atom stereocenters. The fraction of sp³-hybridized carbons (Fsp3) is 0.231. The number of nitrogens with zero attached hydrogens (tertiary/aromatic N) is 2. The molecule has 2 amide bonds. The number of anilines is 1. The summed E-state index contributed by atoms with van der Waals surface area (Å²) in [5, 5.41) is 0. The number of ether oxygens (including phenoxy) is 1. The van der Waals surface area contributed by atoms with Gasteiger partial charge in [0.25, 0.3) is 11.8 Å². The zero-order chi connectivity index (χ0) is 14.7. The molecule has 0 aliphatic carbocycles. The minimum atomic E-state index is -0.878. The zero-order valence-corrected chi connectivity index (χ0v) is 10.6. The number of amides is 2. The molecule has 1 aromatic carbocycles. The first-order valence-electron chi connectivity index (χ1n) is 5.89. The van der Waals surface area contributed by atoms with Crippen LogP contribution in [0.3, 0.4) is 0 Å². The molecule has 104 valence electrons. The van der Waals surface area contributed by atoms with Crippen LogP contribution in [0.5, 0.6) is 0 Å². The summed E-state index contributed by atoms with van der Waals surface area (Å²) in [5.41, 5.74) is -0.256. The maximum absolute atomic E-state index is 12.9. The summed E-state index contributed by atoms with van der Waals surface area (Å²) in [7, 11) is 0. The number of halogens is 1. The lowest BCUT2D eigenvalue weighted by atomic mass is 10.2. The normalized spacial score (nSPS) is 15.1. The number of esters is 1. The highest BCUT2D eigenvalue weighted by atomic mass is 19.1. The van der Waals surface area contributed by atoms with E-state index in [1.165, 1.54) is 12.1 Å². The molecule has 0 N–H and O–H groups in total. The molecule has 1 aliphatic heterocycles. The van der Waals surface area contributed by atoms with Gasteiger partial charge in [-0.1, -0.05) is 0 Å². The van der Waals surface area contributed by atoms with E-state index < -0.39 is 29.3 Å². The standard InChI is InChI=1S/C13H11FN2O4/c1-2-20-13(19)11-12(18)16(10(17)7-15-11)9-5-3-8(14)4-6-9/h3-6H,2,7H2,1H3.